The van der Waals surface area contributed by atoms with Gasteiger partial charge in [-0.15, -0.1) is 0 Å². The number of rotatable bonds is 3. The SMILES string of the molecule is CN(C(=O)[C@@H](O)c1ccccc1F)C1Cc2ccccc2C1. The number of hydrogen-bond acceptors (Lipinski definition) is 2. The summed E-state index contributed by atoms with van der Waals surface area (Å²) in [6.45, 7) is 0. The van der Waals surface area contributed by atoms with Gasteiger partial charge in [-0.1, -0.05) is 42.5 Å². The normalized spacial score (nSPS) is 15.4. The third kappa shape index (κ3) is 2.62. The number of amides is 1. The van der Waals surface area contributed by atoms with E-state index in [2.05, 4.69) is 12.1 Å². The maximum atomic E-state index is 13.7. The van der Waals surface area contributed by atoms with Crippen molar-refractivity contribution in [2.45, 2.75) is 25.0 Å². The van der Waals surface area contributed by atoms with Crippen LogP contribution in [0.15, 0.2) is 48.5 Å². The van der Waals surface area contributed by atoms with E-state index in [0.29, 0.717) is 0 Å². The van der Waals surface area contributed by atoms with E-state index in [9.17, 15) is 14.3 Å². The molecule has 0 saturated carbocycles. The summed E-state index contributed by atoms with van der Waals surface area (Å²) in [6, 6.07) is 13.9. The van der Waals surface area contributed by atoms with Gasteiger partial charge in [0, 0.05) is 18.7 Å². The lowest BCUT2D eigenvalue weighted by molar-refractivity contribution is -0.141. The van der Waals surface area contributed by atoms with E-state index in [0.717, 1.165) is 12.8 Å². The van der Waals surface area contributed by atoms with Gasteiger partial charge in [-0.05, 0) is 30.0 Å². The van der Waals surface area contributed by atoms with E-state index in [-0.39, 0.29) is 11.6 Å². The summed E-state index contributed by atoms with van der Waals surface area (Å²) in [7, 11) is 1.67. The minimum absolute atomic E-state index is 0.00586. The number of fused-ring (bicyclic) bond motifs is 1. The van der Waals surface area contributed by atoms with Gasteiger partial charge in [0.15, 0.2) is 6.10 Å². The van der Waals surface area contributed by atoms with Crippen molar-refractivity contribution in [1.82, 2.24) is 4.90 Å². The molecule has 2 aromatic carbocycles. The number of benzene rings is 2. The van der Waals surface area contributed by atoms with Crippen LogP contribution in [0.25, 0.3) is 0 Å². The number of likely N-dealkylation sites (N-methyl/N-ethyl adjacent to an activating group) is 1. The molecule has 1 aliphatic carbocycles. The van der Waals surface area contributed by atoms with Gasteiger partial charge in [0.1, 0.15) is 5.82 Å². The van der Waals surface area contributed by atoms with Gasteiger partial charge in [-0.25, -0.2) is 4.39 Å². The minimum Gasteiger partial charge on any atom is -0.378 e. The zero-order chi connectivity index (χ0) is 15.7. The van der Waals surface area contributed by atoms with Crippen molar-refractivity contribution < 1.29 is 14.3 Å². The van der Waals surface area contributed by atoms with Crippen molar-refractivity contribution in [2.24, 2.45) is 0 Å². The zero-order valence-electron chi connectivity index (χ0n) is 12.4. The topological polar surface area (TPSA) is 40.5 Å². The fraction of sp³-hybridized carbons (Fsp3) is 0.278. The van der Waals surface area contributed by atoms with Crippen molar-refractivity contribution in [1.29, 1.82) is 0 Å². The number of carbonyl (C=O) groups is 1. The fourth-order valence-electron chi connectivity index (χ4n) is 3.01. The Bertz CT molecular complexity index is 676. The molecule has 114 valence electrons. The molecule has 0 spiro atoms. The summed E-state index contributed by atoms with van der Waals surface area (Å²) < 4.78 is 13.7. The Balaban J connectivity index is 1.75. The van der Waals surface area contributed by atoms with E-state index in [1.54, 1.807) is 13.1 Å². The molecule has 0 radical (unpaired) electrons. The average molecular weight is 299 g/mol. The molecule has 4 heteroatoms. The Kier molecular flexibility index (Phi) is 3.94. The van der Waals surface area contributed by atoms with Crippen molar-refractivity contribution in [3.05, 3.63) is 71.0 Å². The molecule has 2 aromatic rings. The predicted molar refractivity (Wildman–Crippen MR) is 81.8 cm³/mol. The molecular weight excluding hydrogens is 281 g/mol. The van der Waals surface area contributed by atoms with Gasteiger partial charge in [0.05, 0.1) is 0 Å². The van der Waals surface area contributed by atoms with Crippen LogP contribution >= 0.6 is 0 Å². The Labute approximate surface area is 129 Å². The van der Waals surface area contributed by atoms with Crippen molar-refractivity contribution in [3.63, 3.8) is 0 Å². The van der Waals surface area contributed by atoms with Crippen molar-refractivity contribution in [2.75, 3.05) is 7.05 Å². The smallest absolute Gasteiger partial charge is 0.256 e. The summed E-state index contributed by atoms with van der Waals surface area (Å²) in [5, 5.41) is 10.2. The largest absolute Gasteiger partial charge is 0.378 e. The molecule has 1 aliphatic rings. The Morgan fingerprint density at radius 1 is 1.14 bits per heavy atom. The lowest BCUT2D eigenvalue weighted by atomic mass is 10.1. The summed E-state index contributed by atoms with van der Waals surface area (Å²) in [4.78, 5) is 14.0. The number of halogens is 1. The molecule has 3 nitrogen and oxygen atoms in total. The molecule has 3 rings (SSSR count). The maximum Gasteiger partial charge on any atom is 0.256 e. The Morgan fingerprint density at radius 3 is 2.27 bits per heavy atom. The van der Waals surface area contributed by atoms with Gasteiger partial charge >= 0.3 is 0 Å². The Morgan fingerprint density at radius 2 is 1.68 bits per heavy atom. The fourth-order valence-corrected chi connectivity index (χ4v) is 3.01. The van der Waals surface area contributed by atoms with Crippen LogP contribution in [0.1, 0.15) is 22.8 Å². The zero-order valence-corrected chi connectivity index (χ0v) is 12.4. The average Bonchev–Trinajstić information content (AvgIpc) is 2.97. The highest BCUT2D eigenvalue weighted by Crippen LogP contribution is 2.27. The predicted octanol–water partition coefficient (Wildman–Crippen LogP) is 2.48. The number of carbonyl (C=O) groups excluding carboxylic acids is 1. The van der Waals surface area contributed by atoms with Gasteiger partial charge in [0.2, 0.25) is 0 Å². The van der Waals surface area contributed by atoms with Crippen molar-refractivity contribution in [3.8, 4) is 0 Å². The van der Waals surface area contributed by atoms with E-state index >= 15 is 0 Å². The van der Waals surface area contributed by atoms with E-state index < -0.39 is 17.8 Å². The Hall–Kier alpha value is -2.20. The molecule has 0 unspecified atom stereocenters. The van der Waals surface area contributed by atoms with Crippen LogP contribution in [0, 0.1) is 5.82 Å². The first kappa shape index (κ1) is 14.7. The van der Waals surface area contributed by atoms with Crippen LogP contribution in [0.5, 0.6) is 0 Å². The molecule has 0 bridgehead atoms. The van der Waals surface area contributed by atoms with Crippen LogP contribution < -0.4 is 0 Å². The summed E-state index contributed by atoms with van der Waals surface area (Å²) in [5.41, 5.74) is 2.48. The molecule has 0 aromatic heterocycles. The standard InChI is InChI=1S/C18H18FNO2/c1-20(14-10-12-6-2-3-7-13(12)11-14)18(22)17(21)15-8-4-5-9-16(15)19/h2-9,14,17,21H,10-11H2,1H3/t17-/m0/s1. The highest BCUT2D eigenvalue weighted by Gasteiger charge is 2.31. The van der Waals surface area contributed by atoms with Crippen molar-refractivity contribution >= 4 is 5.91 Å². The summed E-state index contributed by atoms with van der Waals surface area (Å²) in [6.07, 6.45) is 0.0695. The third-order valence-corrected chi connectivity index (χ3v) is 4.36. The molecule has 1 N–H and O–H groups in total. The second kappa shape index (κ2) is 5.89. The van der Waals surface area contributed by atoms with Gasteiger partial charge < -0.3 is 10.0 Å². The highest BCUT2D eigenvalue weighted by molar-refractivity contribution is 5.82. The first-order chi connectivity index (χ1) is 10.6. The summed E-state index contributed by atoms with van der Waals surface area (Å²) >= 11 is 0. The number of nitrogens with zero attached hydrogens (tertiary/aromatic N) is 1. The molecule has 1 atom stereocenters. The highest BCUT2D eigenvalue weighted by atomic mass is 19.1. The quantitative estimate of drug-likeness (QED) is 0.946. The van der Waals surface area contributed by atoms with Crippen LogP contribution in [0.4, 0.5) is 4.39 Å². The van der Waals surface area contributed by atoms with Crippen LogP contribution in [-0.2, 0) is 17.6 Å². The van der Waals surface area contributed by atoms with E-state index in [1.807, 2.05) is 12.1 Å². The molecule has 0 fully saturated rings. The lowest BCUT2D eigenvalue weighted by Gasteiger charge is -2.27. The summed E-state index contributed by atoms with van der Waals surface area (Å²) in [5.74, 6) is -1.03. The molecule has 0 saturated heterocycles. The lowest BCUT2D eigenvalue weighted by Crippen LogP contribution is -2.40. The molecule has 1 amide bonds. The maximum absolute atomic E-state index is 13.7. The molecule has 22 heavy (non-hydrogen) atoms. The second-order valence-corrected chi connectivity index (χ2v) is 5.70. The molecule has 0 aliphatic heterocycles. The van der Waals surface area contributed by atoms with Crippen LogP contribution in [0.2, 0.25) is 0 Å². The van der Waals surface area contributed by atoms with Gasteiger partial charge in [-0.2, -0.15) is 0 Å². The van der Waals surface area contributed by atoms with Gasteiger partial charge in [-0.3, -0.25) is 4.79 Å². The molecular formula is C18H18FNO2. The number of aliphatic hydroxyl groups excluding tert-OH is 1. The second-order valence-electron chi connectivity index (χ2n) is 5.70. The van der Waals surface area contributed by atoms with Crippen LogP contribution in [-0.4, -0.2) is 29.0 Å². The number of hydrogen-bond donors (Lipinski definition) is 1. The van der Waals surface area contributed by atoms with E-state index in [1.165, 1.54) is 34.2 Å². The van der Waals surface area contributed by atoms with Crippen LogP contribution in [0.3, 0.4) is 0 Å². The first-order valence-electron chi connectivity index (χ1n) is 7.34. The van der Waals surface area contributed by atoms with E-state index in [4.69, 9.17) is 0 Å². The van der Waals surface area contributed by atoms with Gasteiger partial charge in [0.25, 0.3) is 5.91 Å². The minimum atomic E-state index is -1.46. The number of aliphatic hydroxyl groups is 1. The third-order valence-electron chi connectivity index (χ3n) is 4.36. The monoisotopic (exact) mass is 299 g/mol. The molecule has 0 heterocycles. The first-order valence-corrected chi connectivity index (χ1v) is 7.34.